The Hall–Kier alpha value is -1.16. The van der Waals surface area contributed by atoms with Gasteiger partial charge in [-0.1, -0.05) is 0 Å². The molecule has 1 aromatic rings. The predicted molar refractivity (Wildman–Crippen MR) is 49.3 cm³/mol. The number of allylic oxidation sites excluding steroid dienone is 1. The second-order valence-corrected chi connectivity index (χ2v) is 3.40. The van der Waals surface area contributed by atoms with Crippen molar-refractivity contribution in [2.24, 2.45) is 0 Å². The van der Waals surface area contributed by atoms with Gasteiger partial charge in [0.2, 0.25) is 0 Å². The van der Waals surface area contributed by atoms with Crippen LogP contribution in [-0.4, -0.2) is 29.8 Å². The highest BCUT2D eigenvalue weighted by molar-refractivity contribution is 7.11. The summed E-state index contributed by atoms with van der Waals surface area (Å²) in [6.45, 7) is 0. The average Bonchev–Trinajstić information content (AvgIpc) is 2.51. The van der Waals surface area contributed by atoms with E-state index < -0.39 is 0 Å². The van der Waals surface area contributed by atoms with Crippen LogP contribution in [0.5, 0.6) is 0 Å². The predicted octanol–water partition coefficient (Wildman–Crippen LogP) is 1.40. The van der Waals surface area contributed by atoms with E-state index in [1.165, 1.54) is 17.4 Å². The van der Waals surface area contributed by atoms with Crippen LogP contribution in [0.4, 0.5) is 0 Å². The molecule has 0 aliphatic heterocycles. The van der Waals surface area contributed by atoms with E-state index in [0.29, 0.717) is 4.88 Å². The molecule has 0 aromatic carbocycles. The van der Waals surface area contributed by atoms with Crippen molar-refractivity contribution in [3.8, 4) is 0 Å². The third-order valence-corrected chi connectivity index (χ3v) is 1.99. The van der Waals surface area contributed by atoms with E-state index in [9.17, 15) is 4.79 Å². The van der Waals surface area contributed by atoms with Gasteiger partial charge in [-0.05, 0) is 0 Å². The highest BCUT2D eigenvalue weighted by Gasteiger charge is 2.01. The molecule has 0 atom stereocenters. The number of aromatic nitrogens is 1. The number of rotatable bonds is 3. The van der Waals surface area contributed by atoms with Crippen LogP contribution >= 0.6 is 11.3 Å². The van der Waals surface area contributed by atoms with Gasteiger partial charge in [0.05, 0.1) is 10.4 Å². The lowest BCUT2D eigenvalue weighted by atomic mass is 10.3. The van der Waals surface area contributed by atoms with Crippen molar-refractivity contribution in [2.75, 3.05) is 14.1 Å². The monoisotopic (exact) mass is 182 g/mol. The van der Waals surface area contributed by atoms with Gasteiger partial charge in [-0.25, -0.2) is 0 Å². The zero-order valence-electron chi connectivity index (χ0n) is 7.02. The maximum absolute atomic E-state index is 11.3. The Labute approximate surface area is 75.3 Å². The summed E-state index contributed by atoms with van der Waals surface area (Å²) < 4.78 is 0. The zero-order valence-corrected chi connectivity index (χ0v) is 7.84. The van der Waals surface area contributed by atoms with Gasteiger partial charge in [-0.15, -0.1) is 11.3 Å². The fourth-order valence-corrected chi connectivity index (χ4v) is 1.18. The molecule has 0 aliphatic rings. The van der Waals surface area contributed by atoms with Gasteiger partial charge in [0, 0.05) is 32.6 Å². The summed E-state index contributed by atoms with van der Waals surface area (Å²) in [5.41, 5.74) is 1.65. The van der Waals surface area contributed by atoms with Crippen LogP contribution in [0.3, 0.4) is 0 Å². The van der Waals surface area contributed by atoms with E-state index in [0.717, 1.165) is 0 Å². The fourth-order valence-electron chi connectivity index (χ4n) is 0.636. The summed E-state index contributed by atoms with van der Waals surface area (Å²) in [4.78, 5) is 17.6. The summed E-state index contributed by atoms with van der Waals surface area (Å²) >= 11 is 1.35. The lowest BCUT2D eigenvalue weighted by molar-refractivity contribution is 0.104. The Balaban J connectivity index is 2.62. The minimum absolute atomic E-state index is 0.00574. The number of hydrogen-bond acceptors (Lipinski definition) is 4. The molecule has 1 aromatic heterocycles. The molecule has 0 bridgehead atoms. The molecule has 1 heterocycles. The van der Waals surface area contributed by atoms with Gasteiger partial charge in [0.15, 0.2) is 5.78 Å². The molecule has 0 aliphatic carbocycles. The van der Waals surface area contributed by atoms with Crippen LogP contribution < -0.4 is 0 Å². The Morgan fingerprint density at radius 2 is 2.42 bits per heavy atom. The molecule has 0 amide bonds. The van der Waals surface area contributed by atoms with E-state index >= 15 is 0 Å². The van der Waals surface area contributed by atoms with E-state index in [1.54, 1.807) is 17.9 Å². The van der Waals surface area contributed by atoms with E-state index in [1.807, 2.05) is 19.0 Å². The summed E-state index contributed by atoms with van der Waals surface area (Å²) in [5.74, 6) is 0.00574. The first kappa shape index (κ1) is 8.93. The first-order chi connectivity index (χ1) is 5.70. The average molecular weight is 182 g/mol. The van der Waals surface area contributed by atoms with E-state index in [-0.39, 0.29) is 5.78 Å². The topological polar surface area (TPSA) is 33.2 Å². The molecular formula is C8H10N2OS. The van der Waals surface area contributed by atoms with Gasteiger partial charge in [0.25, 0.3) is 0 Å². The van der Waals surface area contributed by atoms with Crippen LogP contribution in [0.1, 0.15) is 9.67 Å². The molecule has 0 saturated heterocycles. The largest absolute Gasteiger partial charge is 0.383 e. The molecular weight excluding hydrogens is 172 g/mol. The van der Waals surface area contributed by atoms with Crippen molar-refractivity contribution in [1.82, 2.24) is 9.88 Å². The molecule has 0 spiro atoms. The summed E-state index contributed by atoms with van der Waals surface area (Å²) in [5, 5.41) is 0. The second-order valence-electron chi connectivity index (χ2n) is 2.51. The molecule has 3 nitrogen and oxygen atoms in total. The Morgan fingerprint density at radius 3 is 2.92 bits per heavy atom. The number of ketones is 1. The summed E-state index contributed by atoms with van der Waals surface area (Å²) in [6, 6.07) is 0. The fraction of sp³-hybridized carbons (Fsp3) is 0.250. The van der Waals surface area contributed by atoms with Gasteiger partial charge < -0.3 is 4.90 Å². The molecule has 0 unspecified atom stereocenters. The molecule has 0 radical (unpaired) electrons. The lowest BCUT2D eigenvalue weighted by Gasteiger charge is -2.01. The third-order valence-electron chi connectivity index (χ3n) is 1.20. The Morgan fingerprint density at radius 1 is 1.67 bits per heavy atom. The molecule has 0 N–H and O–H groups in total. The number of hydrogen-bond donors (Lipinski definition) is 0. The molecule has 1 rings (SSSR count). The molecule has 12 heavy (non-hydrogen) atoms. The number of nitrogens with zero attached hydrogens (tertiary/aromatic N) is 2. The minimum atomic E-state index is 0.00574. The lowest BCUT2D eigenvalue weighted by Crippen LogP contribution is -2.02. The van der Waals surface area contributed by atoms with Gasteiger partial charge >= 0.3 is 0 Å². The van der Waals surface area contributed by atoms with Gasteiger partial charge in [-0.3, -0.25) is 9.78 Å². The Bertz CT molecular complexity index is 277. The van der Waals surface area contributed by atoms with Crippen LogP contribution in [0.25, 0.3) is 0 Å². The Kier molecular flexibility index (Phi) is 2.99. The first-order valence-corrected chi connectivity index (χ1v) is 4.35. The molecule has 4 heteroatoms. The quantitative estimate of drug-likeness (QED) is 0.523. The number of thiazole rings is 1. The normalized spacial score (nSPS) is 10.5. The van der Waals surface area contributed by atoms with Crippen LogP contribution in [0.15, 0.2) is 24.0 Å². The molecule has 64 valence electrons. The SMILES string of the molecule is CN(C)C=CC(=O)c1cncs1. The van der Waals surface area contributed by atoms with Crippen molar-refractivity contribution < 1.29 is 4.79 Å². The van der Waals surface area contributed by atoms with Crippen molar-refractivity contribution in [1.29, 1.82) is 0 Å². The maximum atomic E-state index is 11.3. The standard InChI is InChI=1S/C8H10N2OS/c1-10(2)4-3-7(11)8-5-9-6-12-8/h3-6H,1-2H3. The highest BCUT2D eigenvalue weighted by Crippen LogP contribution is 2.06. The van der Waals surface area contributed by atoms with Crippen molar-refractivity contribution in [2.45, 2.75) is 0 Å². The van der Waals surface area contributed by atoms with Crippen LogP contribution in [0.2, 0.25) is 0 Å². The molecule has 0 fully saturated rings. The first-order valence-electron chi connectivity index (χ1n) is 3.47. The van der Waals surface area contributed by atoms with Crippen molar-refractivity contribution in [3.63, 3.8) is 0 Å². The number of carbonyl (C=O) groups excluding carboxylic acids is 1. The van der Waals surface area contributed by atoms with Crippen molar-refractivity contribution >= 4 is 17.1 Å². The van der Waals surface area contributed by atoms with E-state index in [2.05, 4.69) is 4.98 Å². The van der Waals surface area contributed by atoms with Gasteiger partial charge in [0.1, 0.15) is 0 Å². The smallest absolute Gasteiger partial charge is 0.198 e. The van der Waals surface area contributed by atoms with Crippen LogP contribution in [-0.2, 0) is 0 Å². The summed E-state index contributed by atoms with van der Waals surface area (Å²) in [7, 11) is 3.74. The molecule has 0 saturated carbocycles. The van der Waals surface area contributed by atoms with Crippen molar-refractivity contribution in [3.05, 3.63) is 28.9 Å². The summed E-state index contributed by atoms with van der Waals surface area (Å²) in [6.07, 6.45) is 4.84. The highest BCUT2D eigenvalue weighted by atomic mass is 32.1. The van der Waals surface area contributed by atoms with Gasteiger partial charge in [-0.2, -0.15) is 0 Å². The zero-order chi connectivity index (χ0) is 8.97. The van der Waals surface area contributed by atoms with E-state index in [4.69, 9.17) is 0 Å². The maximum Gasteiger partial charge on any atom is 0.198 e. The third kappa shape index (κ3) is 2.47. The minimum Gasteiger partial charge on any atom is -0.383 e. The second kappa shape index (κ2) is 4.01. The number of carbonyl (C=O) groups is 1. The van der Waals surface area contributed by atoms with Crippen LogP contribution in [0, 0.1) is 0 Å².